The van der Waals surface area contributed by atoms with Crippen molar-refractivity contribution in [1.82, 2.24) is 9.03 Å². The Morgan fingerprint density at radius 2 is 1.90 bits per heavy atom. The highest BCUT2D eigenvalue weighted by molar-refractivity contribution is 7.89. The summed E-state index contributed by atoms with van der Waals surface area (Å²) >= 11 is 0. The number of hydrogen-bond donors (Lipinski definition) is 1. The highest BCUT2D eigenvalue weighted by Crippen LogP contribution is 2.24. The van der Waals surface area contributed by atoms with Gasteiger partial charge < -0.3 is 0 Å². The van der Waals surface area contributed by atoms with Gasteiger partial charge in [0.05, 0.1) is 10.6 Å². The molecule has 1 aliphatic heterocycles. The van der Waals surface area contributed by atoms with Gasteiger partial charge in [-0.3, -0.25) is 0 Å². The number of rotatable bonds is 4. The van der Waals surface area contributed by atoms with Gasteiger partial charge in [-0.1, -0.05) is 6.07 Å². The topological polar surface area (TPSA) is 83.6 Å². The maximum atomic E-state index is 11.9. The standard InChI is InChI=1S/C12H18N2O4S2/c1-3-19(15,16)14-7-6-10-4-5-12(8-11(10)9-14)20(17,18)13-2/h4-5,8,13H,3,6-7,9H2,1-2H3. The van der Waals surface area contributed by atoms with Crippen LogP contribution in [0.1, 0.15) is 18.1 Å². The zero-order valence-corrected chi connectivity index (χ0v) is 13.1. The Bertz CT molecular complexity index is 711. The Hall–Kier alpha value is -0.960. The molecule has 0 saturated heterocycles. The zero-order valence-electron chi connectivity index (χ0n) is 11.5. The summed E-state index contributed by atoms with van der Waals surface area (Å²) in [5.41, 5.74) is 1.76. The summed E-state index contributed by atoms with van der Waals surface area (Å²) in [5, 5.41) is 0. The van der Waals surface area contributed by atoms with E-state index in [9.17, 15) is 16.8 Å². The predicted octanol–water partition coefficient (Wildman–Crippen LogP) is 0.303. The first-order valence-electron chi connectivity index (χ1n) is 6.33. The Kier molecular flexibility index (Phi) is 4.19. The zero-order chi connectivity index (χ0) is 15.0. The lowest BCUT2D eigenvalue weighted by Gasteiger charge is -2.28. The van der Waals surface area contributed by atoms with Crippen LogP contribution in [0.25, 0.3) is 0 Å². The molecule has 0 aliphatic carbocycles. The fourth-order valence-corrected chi connectivity index (χ4v) is 4.06. The molecule has 1 heterocycles. The Morgan fingerprint density at radius 1 is 1.20 bits per heavy atom. The first-order chi connectivity index (χ1) is 9.30. The molecule has 0 aromatic heterocycles. The molecule has 0 unspecified atom stereocenters. The van der Waals surface area contributed by atoms with Gasteiger partial charge >= 0.3 is 0 Å². The summed E-state index contributed by atoms with van der Waals surface area (Å²) in [4.78, 5) is 0.162. The quantitative estimate of drug-likeness (QED) is 0.865. The van der Waals surface area contributed by atoms with Crippen LogP contribution in [0, 0.1) is 0 Å². The minimum Gasteiger partial charge on any atom is -0.214 e. The average Bonchev–Trinajstić information content (AvgIpc) is 2.46. The Balaban J connectivity index is 2.39. The minimum absolute atomic E-state index is 0.0524. The normalized spacial score (nSPS) is 16.9. The molecule has 0 atom stereocenters. The third-order valence-corrected chi connectivity index (χ3v) is 6.73. The third-order valence-electron chi connectivity index (χ3n) is 3.49. The van der Waals surface area contributed by atoms with E-state index in [1.165, 1.54) is 11.4 Å². The van der Waals surface area contributed by atoms with Gasteiger partial charge in [0.1, 0.15) is 0 Å². The van der Waals surface area contributed by atoms with Crippen molar-refractivity contribution in [2.24, 2.45) is 0 Å². The molecule has 1 aromatic rings. The molecule has 0 fully saturated rings. The molecule has 6 nitrogen and oxygen atoms in total. The second kappa shape index (κ2) is 5.44. The Labute approximate surface area is 119 Å². The van der Waals surface area contributed by atoms with E-state index in [1.807, 2.05) is 0 Å². The smallest absolute Gasteiger partial charge is 0.214 e. The first-order valence-corrected chi connectivity index (χ1v) is 9.42. The molecule has 1 aromatic carbocycles. The minimum atomic E-state index is -3.51. The van der Waals surface area contributed by atoms with Gasteiger partial charge in [0.15, 0.2) is 0 Å². The molecule has 1 aliphatic rings. The van der Waals surface area contributed by atoms with E-state index in [0.29, 0.717) is 13.0 Å². The molecule has 0 amide bonds. The van der Waals surface area contributed by atoms with Crippen molar-refractivity contribution >= 4 is 20.0 Å². The molecular weight excluding hydrogens is 300 g/mol. The van der Waals surface area contributed by atoms with Crippen LogP contribution in [-0.2, 0) is 33.0 Å². The summed E-state index contributed by atoms with van der Waals surface area (Å²) in [6, 6.07) is 4.86. The van der Waals surface area contributed by atoms with Crippen molar-refractivity contribution in [2.75, 3.05) is 19.3 Å². The molecule has 0 bridgehead atoms. The van der Waals surface area contributed by atoms with Crippen LogP contribution in [0.4, 0.5) is 0 Å². The molecule has 0 saturated carbocycles. The number of nitrogens with one attached hydrogen (secondary N) is 1. The summed E-state index contributed by atoms with van der Waals surface area (Å²) in [7, 11) is -5.41. The van der Waals surface area contributed by atoms with E-state index in [0.717, 1.165) is 11.1 Å². The van der Waals surface area contributed by atoms with Gasteiger partial charge in [0.25, 0.3) is 0 Å². The lowest BCUT2D eigenvalue weighted by Crippen LogP contribution is -2.37. The van der Waals surface area contributed by atoms with Crippen LogP contribution in [0.5, 0.6) is 0 Å². The van der Waals surface area contributed by atoms with Crippen molar-refractivity contribution in [3.8, 4) is 0 Å². The van der Waals surface area contributed by atoms with E-state index >= 15 is 0 Å². The van der Waals surface area contributed by atoms with Crippen LogP contribution >= 0.6 is 0 Å². The monoisotopic (exact) mass is 318 g/mol. The third kappa shape index (κ3) is 2.88. The summed E-state index contributed by atoms with van der Waals surface area (Å²) < 4.78 is 51.0. The summed E-state index contributed by atoms with van der Waals surface area (Å²) in [6.07, 6.45) is 0.606. The summed E-state index contributed by atoms with van der Waals surface area (Å²) in [6.45, 7) is 2.28. The average molecular weight is 318 g/mol. The number of sulfonamides is 2. The molecule has 2 rings (SSSR count). The largest absolute Gasteiger partial charge is 0.240 e. The van der Waals surface area contributed by atoms with Gasteiger partial charge in [-0.2, -0.15) is 4.31 Å². The number of fused-ring (bicyclic) bond motifs is 1. The molecule has 8 heteroatoms. The van der Waals surface area contributed by atoms with E-state index in [1.54, 1.807) is 25.1 Å². The van der Waals surface area contributed by atoms with Crippen molar-refractivity contribution in [3.63, 3.8) is 0 Å². The fraction of sp³-hybridized carbons (Fsp3) is 0.500. The number of nitrogens with zero attached hydrogens (tertiary/aromatic N) is 1. The maximum absolute atomic E-state index is 11.9. The van der Waals surface area contributed by atoms with Crippen molar-refractivity contribution in [1.29, 1.82) is 0 Å². The van der Waals surface area contributed by atoms with Crippen molar-refractivity contribution in [2.45, 2.75) is 24.8 Å². The fourth-order valence-electron chi connectivity index (χ4n) is 2.21. The first kappa shape index (κ1) is 15.4. The highest BCUT2D eigenvalue weighted by Gasteiger charge is 2.26. The van der Waals surface area contributed by atoms with Crippen LogP contribution < -0.4 is 4.72 Å². The predicted molar refractivity (Wildman–Crippen MR) is 76.3 cm³/mol. The maximum Gasteiger partial charge on any atom is 0.240 e. The van der Waals surface area contributed by atoms with Crippen LogP contribution in [-0.4, -0.2) is 40.5 Å². The molecule has 0 radical (unpaired) electrons. The lowest BCUT2D eigenvalue weighted by atomic mass is 10.0. The van der Waals surface area contributed by atoms with Gasteiger partial charge in [0, 0.05) is 13.1 Å². The molecule has 0 spiro atoms. The van der Waals surface area contributed by atoms with E-state index < -0.39 is 20.0 Å². The molecule has 1 N–H and O–H groups in total. The van der Waals surface area contributed by atoms with E-state index in [4.69, 9.17) is 0 Å². The van der Waals surface area contributed by atoms with Gasteiger partial charge in [0.2, 0.25) is 20.0 Å². The van der Waals surface area contributed by atoms with Crippen molar-refractivity contribution in [3.05, 3.63) is 29.3 Å². The molecule has 20 heavy (non-hydrogen) atoms. The van der Waals surface area contributed by atoms with Crippen LogP contribution in [0.3, 0.4) is 0 Å². The highest BCUT2D eigenvalue weighted by atomic mass is 32.2. The van der Waals surface area contributed by atoms with E-state index in [2.05, 4.69) is 4.72 Å². The van der Waals surface area contributed by atoms with Gasteiger partial charge in [-0.25, -0.2) is 21.6 Å². The SMILES string of the molecule is CCS(=O)(=O)N1CCc2ccc(S(=O)(=O)NC)cc2C1. The lowest BCUT2D eigenvalue weighted by molar-refractivity contribution is 0.391. The number of benzene rings is 1. The van der Waals surface area contributed by atoms with Crippen LogP contribution in [0.15, 0.2) is 23.1 Å². The second-order valence-electron chi connectivity index (χ2n) is 4.62. The van der Waals surface area contributed by atoms with E-state index in [-0.39, 0.29) is 17.2 Å². The van der Waals surface area contributed by atoms with Gasteiger partial charge in [-0.15, -0.1) is 0 Å². The Morgan fingerprint density at radius 3 is 2.50 bits per heavy atom. The second-order valence-corrected chi connectivity index (χ2v) is 8.77. The van der Waals surface area contributed by atoms with Gasteiger partial charge in [-0.05, 0) is 43.7 Å². The molecule has 112 valence electrons. The van der Waals surface area contributed by atoms with Crippen molar-refractivity contribution < 1.29 is 16.8 Å². The summed E-state index contributed by atoms with van der Waals surface area (Å²) in [5.74, 6) is 0.0524. The van der Waals surface area contributed by atoms with Crippen LogP contribution in [0.2, 0.25) is 0 Å². The molecular formula is C12H18N2O4S2. The number of hydrogen-bond acceptors (Lipinski definition) is 4.